The molecule has 3 nitrogen and oxygen atoms in total. The summed E-state index contributed by atoms with van der Waals surface area (Å²) in [4.78, 5) is 11.1. The fourth-order valence-electron chi connectivity index (χ4n) is 1.15. The molecule has 90 valence electrons. The van der Waals surface area contributed by atoms with Gasteiger partial charge in [0.25, 0.3) is 0 Å². The lowest BCUT2D eigenvalue weighted by atomic mass is 10.2. The van der Waals surface area contributed by atoms with Gasteiger partial charge in [-0.3, -0.25) is 5.32 Å². The second-order valence-corrected chi connectivity index (χ2v) is 3.51. The van der Waals surface area contributed by atoms with Crippen LogP contribution in [0.5, 0.6) is 0 Å². The molecule has 0 amide bonds. The van der Waals surface area contributed by atoms with Crippen LogP contribution in [0.1, 0.15) is 40.5 Å². The van der Waals surface area contributed by atoms with Gasteiger partial charge in [-0.15, -0.1) is 12.4 Å². The van der Waals surface area contributed by atoms with E-state index in [2.05, 4.69) is 25.7 Å². The number of ether oxygens (including phenoxy) is 1. The summed E-state index contributed by atoms with van der Waals surface area (Å²) in [7, 11) is 0. The molecule has 1 atom stereocenters. The van der Waals surface area contributed by atoms with Gasteiger partial charge in [-0.25, -0.2) is 4.79 Å². The van der Waals surface area contributed by atoms with Crippen molar-refractivity contribution in [3.63, 3.8) is 0 Å². The van der Waals surface area contributed by atoms with Gasteiger partial charge in [-0.2, -0.15) is 0 Å². The number of carbonyl (C=O) groups excluding carboxylic acids is 1. The summed E-state index contributed by atoms with van der Waals surface area (Å²) in [5.41, 5.74) is 0.434. The molecule has 15 heavy (non-hydrogen) atoms. The van der Waals surface area contributed by atoms with E-state index in [1.807, 2.05) is 6.92 Å². The highest BCUT2D eigenvalue weighted by molar-refractivity contribution is 5.87. The molecule has 1 N–H and O–H groups in total. The summed E-state index contributed by atoms with van der Waals surface area (Å²) < 4.78 is 5.10. The molecule has 0 bridgehead atoms. The Kier molecular flexibility index (Phi) is 9.84. The Labute approximate surface area is 98.7 Å². The van der Waals surface area contributed by atoms with E-state index >= 15 is 0 Å². The summed E-state index contributed by atoms with van der Waals surface area (Å²) in [6.07, 6.45) is 1.82. The average molecular weight is 236 g/mol. The van der Waals surface area contributed by atoms with Crippen LogP contribution in [0.3, 0.4) is 0 Å². The van der Waals surface area contributed by atoms with Crippen molar-refractivity contribution < 1.29 is 9.53 Å². The molecule has 0 radical (unpaired) electrons. The highest BCUT2D eigenvalue weighted by atomic mass is 35.5. The third kappa shape index (κ3) is 7.40. The quantitative estimate of drug-likeness (QED) is 0.437. The van der Waals surface area contributed by atoms with Crippen LogP contribution in [0.25, 0.3) is 0 Å². The van der Waals surface area contributed by atoms with Crippen molar-refractivity contribution >= 4 is 18.4 Å². The number of hydrogen-bond acceptors (Lipinski definition) is 3. The third-order valence-electron chi connectivity index (χ3n) is 2.09. The minimum atomic E-state index is -0.337. The van der Waals surface area contributed by atoms with Crippen molar-refractivity contribution in [3.8, 4) is 0 Å². The maximum atomic E-state index is 11.1. The summed E-state index contributed by atoms with van der Waals surface area (Å²) >= 11 is 0. The fraction of sp³-hybridized carbons (Fsp3) is 0.727. The SMILES string of the molecule is C=C(C)C(=O)OC(C)NC(CC)CC.Cl. The number of esters is 1. The van der Waals surface area contributed by atoms with Crippen LogP contribution in [-0.2, 0) is 9.53 Å². The van der Waals surface area contributed by atoms with E-state index in [9.17, 15) is 4.79 Å². The first-order valence-electron chi connectivity index (χ1n) is 5.13. The number of halogens is 1. The molecule has 4 heteroatoms. The summed E-state index contributed by atoms with van der Waals surface area (Å²) in [5.74, 6) is -0.337. The highest BCUT2D eigenvalue weighted by Gasteiger charge is 2.12. The third-order valence-corrected chi connectivity index (χ3v) is 2.09. The van der Waals surface area contributed by atoms with Crippen molar-refractivity contribution in [3.05, 3.63) is 12.2 Å². The topological polar surface area (TPSA) is 38.3 Å². The van der Waals surface area contributed by atoms with Gasteiger partial charge < -0.3 is 4.74 Å². The smallest absolute Gasteiger partial charge is 0.334 e. The number of hydrogen-bond donors (Lipinski definition) is 1. The van der Waals surface area contributed by atoms with E-state index in [0.717, 1.165) is 12.8 Å². The Balaban J connectivity index is 0. The minimum absolute atomic E-state index is 0. The van der Waals surface area contributed by atoms with E-state index in [-0.39, 0.29) is 24.6 Å². The first-order valence-corrected chi connectivity index (χ1v) is 5.13. The zero-order valence-electron chi connectivity index (χ0n) is 10.0. The molecule has 0 aromatic heterocycles. The van der Waals surface area contributed by atoms with Crippen molar-refractivity contribution in [2.75, 3.05) is 0 Å². The highest BCUT2D eigenvalue weighted by Crippen LogP contribution is 2.01. The molecule has 0 saturated heterocycles. The van der Waals surface area contributed by atoms with Gasteiger partial charge in [0.05, 0.1) is 0 Å². The Morgan fingerprint density at radius 3 is 2.20 bits per heavy atom. The van der Waals surface area contributed by atoms with Gasteiger partial charge in [-0.1, -0.05) is 20.4 Å². The fourth-order valence-corrected chi connectivity index (χ4v) is 1.15. The lowest BCUT2D eigenvalue weighted by molar-refractivity contribution is -0.145. The van der Waals surface area contributed by atoms with Crippen molar-refractivity contribution in [1.82, 2.24) is 5.32 Å². The molecule has 0 aliphatic rings. The number of nitrogens with one attached hydrogen (secondary N) is 1. The molecule has 0 fully saturated rings. The van der Waals surface area contributed by atoms with Crippen LogP contribution in [-0.4, -0.2) is 18.2 Å². The zero-order chi connectivity index (χ0) is 11.1. The standard InChI is InChI=1S/C11H21NO2.ClH/c1-6-10(7-2)12-9(5)14-11(13)8(3)4;/h9-10,12H,3,6-7H2,1-2,4-5H3;1H. The molecule has 0 aliphatic heterocycles. The molecule has 0 aliphatic carbocycles. The van der Waals surface area contributed by atoms with Crippen LogP contribution in [0, 0.1) is 0 Å². The lowest BCUT2D eigenvalue weighted by Crippen LogP contribution is -2.38. The van der Waals surface area contributed by atoms with Crippen molar-refractivity contribution in [1.29, 1.82) is 0 Å². The van der Waals surface area contributed by atoms with Crippen LogP contribution >= 0.6 is 12.4 Å². The number of rotatable bonds is 6. The van der Waals surface area contributed by atoms with Crippen LogP contribution in [0.4, 0.5) is 0 Å². The van der Waals surface area contributed by atoms with Gasteiger partial charge in [0.1, 0.15) is 0 Å². The Bertz CT molecular complexity index is 203. The first-order chi connectivity index (χ1) is 6.51. The van der Waals surface area contributed by atoms with Gasteiger partial charge in [0, 0.05) is 11.6 Å². The molecule has 0 aromatic rings. The van der Waals surface area contributed by atoms with Crippen LogP contribution in [0.2, 0.25) is 0 Å². The van der Waals surface area contributed by atoms with E-state index < -0.39 is 0 Å². The van der Waals surface area contributed by atoms with E-state index in [4.69, 9.17) is 4.74 Å². The molecule has 0 spiro atoms. The second kappa shape index (κ2) is 8.74. The van der Waals surface area contributed by atoms with Crippen LogP contribution in [0.15, 0.2) is 12.2 Å². The molecular formula is C11H22ClNO2. The van der Waals surface area contributed by atoms with Crippen molar-refractivity contribution in [2.24, 2.45) is 0 Å². The van der Waals surface area contributed by atoms with Gasteiger partial charge in [0.15, 0.2) is 6.23 Å². The largest absolute Gasteiger partial charge is 0.444 e. The molecule has 0 rings (SSSR count). The maximum absolute atomic E-state index is 11.1. The van der Waals surface area contributed by atoms with Gasteiger partial charge in [-0.05, 0) is 26.7 Å². The van der Waals surface area contributed by atoms with Crippen LogP contribution < -0.4 is 5.32 Å². The normalized spacial score (nSPS) is 11.8. The monoisotopic (exact) mass is 235 g/mol. The Morgan fingerprint density at radius 2 is 1.87 bits per heavy atom. The summed E-state index contributed by atoms with van der Waals surface area (Å²) in [5, 5.41) is 3.22. The predicted octanol–water partition coefficient (Wildman–Crippen LogP) is 2.65. The maximum Gasteiger partial charge on any atom is 0.334 e. The molecule has 0 aromatic carbocycles. The minimum Gasteiger partial charge on any atom is -0.444 e. The van der Waals surface area contributed by atoms with E-state index in [1.54, 1.807) is 6.92 Å². The Morgan fingerprint density at radius 1 is 1.40 bits per heavy atom. The molecular weight excluding hydrogens is 214 g/mol. The summed E-state index contributed by atoms with van der Waals surface area (Å²) in [6, 6.07) is 0.405. The molecule has 0 heterocycles. The first kappa shape index (κ1) is 16.9. The van der Waals surface area contributed by atoms with Crippen molar-refractivity contribution in [2.45, 2.75) is 52.8 Å². The summed E-state index contributed by atoms with van der Waals surface area (Å²) in [6.45, 7) is 11.2. The second-order valence-electron chi connectivity index (χ2n) is 3.51. The molecule has 1 unspecified atom stereocenters. The number of carbonyl (C=O) groups is 1. The zero-order valence-corrected chi connectivity index (χ0v) is 10.8. The van der Waals surface area contributed by atoms with Gasteiger partial charge in [0.2, 0.25) is 0 Å². The predicted molar refractivity (Wildman–Crippen MR) is 65.1 cm³/mol. The Hall–Kier alpha value is -0.540. The van der Waals surface area contributed by atoms with E-state index in [1.165, 1.54) is 0 Å². The average Bonchev–Trinajstić information content (AvgIpc) is 2.13. The lowest BCUT2D eigenvalue weighted by Gasteiger charge is -2.21. The van der Waals surface area contributed by atoms with Gasteiger partial charge >= 0.3 is 5.97 Å². The molecule has 0 saturated carbocycles. The van der Waals surface area contributed by atoms with E-state index in [0.29, 0.717) is 11.6 Å².